The normalized spacial score (nSPS) is 12.1. The molecule has 172 valence electrons. The molecular formula is C25H24N6O2S. The number of carbonyl (C=O) groups excluding carboxylic acids is 1. The minimum atomic E-state index is -0.455. The van der Waals surface area contributed by atoms with Crippen molar-refractivity contribution in [1.29, 1.82) is 0 Å². The van der Waals surface area contributed by atoms with Crippen LogP contribution in [0.5, 0.6) is 5.75 Å². The molecular weight excluding hydrogens is 448 g/mol. The van der Waals surface area contributed by atoms with Gasteiger partial charge in [-0.2, -0.15) is 5.10 Å². The van der Waals surface area contributed by atoms with Gasteiger partial charge in [0, 0.05) is 26.5 Å². The van der Waals surface area contributed by atoms with Crippen molar-refractivity contribution < 1.29 is 9.53 Å². The first-order valence-electron chi connectivity index (χ1n) is 10.8. The predicted octanol–water partition coefficient (Wildman–Crippen LogP) is 4.27. The van der Waals surface area contributed by atoms with Crippen molar-refractivity contribution in [2.75, 3.05) is 7.11 Å². The Morgan fingerprint density at radius 2 is 1.97 bits per heavy atom. The third kappa shape index (κ3) is 3.84. The van der Waals surface area contributed by atoms with Crippen LogP contribution in [0.25, 0.3) is 21.6 Å². The van der Waals surface area contributed by atoms with Gasteiger partial charge in [-0.15, -0.1) is 11.3 Å². The largest absolute Gasteiger partial charge is 0.497 e. The summed E-state index contributed by atoms with van der Waals surface area (Å²) in [4.78, 5) is 24.1. The average molecular weight is 473 g/mol. The van der Waals surface area contributed by atoms with Gasteiger partial charge < -0.3 is 14.6 Å². The van der Waals surface area contributed by atoms with Gasteiger partial charge in [-0.05, 0) is 42.1 Å². The molecule has 34 heavy (non-hydrogen) atoms. The molecule has 0 radical (unpaired) electrons. The van der Waals surface area contributed by atoms with Crippen LogP contribution in [0.2, 0.25) is 0 Å². The fraction of sp³-hybridized carbons (Fsp3) is 0.200. The Morgan fingerprint density at radius 1 is 1.18 bits per heavy atom. The quantitative estimate of drug-likeness (QED) is 0.399. The Morgan fingerprint density at radius 3 is 2.62 bits per heavy atom. The summed E-state index contributed by atoms with van der Waals surface area (Å²) in [5.41, 5.74) is 3.60. The van der Waals surface area contributed by atoms with Gasteiger partial charge in [0.15, 0.2) is 5.65 Å². The summed E-state index contributed by atoms with van der Waals surface area (Å²) in [5.74, 6) is 1.26. The number of nitrogens with one attached hydrogen (secondary N) is 1. The summed E-state index contributed by atoms with van der Waals surface area (Å²) in [6.07, 6.45) is 3.59. The molecule has 1 aromatic carbocycles. The van der Waals surface area contributed by atoms with E-state index in [2.05, 4.69) is 15.4 Å². The van der Waals surface area contributed by atoms with Gasteiger partial charge in [-0.25, -0.2) is 9.97 Å². The van der Waals surface area contributed by atoms with E-state index in [0.717, 1.165) is 38.8 Å². The lowest BCUT2D eigenvalue weighted by atomic mass is 10.0. The van der Waals surface area contributed by atoms with Gasteiger partial charge >= 0.3 is 0 Å². The van der Waals surface area contributed by atoms with Crippen LogP contribution in [0.1, 0.15) is 33.5 Å². The van der Waals surface area contributed by atoms with Gasteiger partial charge in [0.1, 0.15) is 17.6 Å². The van der Waals surface area contributed by atoms with Crippen LogP contribution < -0.4 is 10.1 Å². The lowest BCUT2D eigenvalue weighted by molar-refractivity contribution is 0.0942. The fourth-order valence-electron chi connectivity index (χ4n) is 4.13. The maximum atomic E-state index is 13.8. The van der Waals surface area contributed by atoms with Crippen molar-refractivity contribution in [2.45, 2.75) is 13.0 Å². The second-order valence-corrected chi connectivity index (χ2v) is 8.96. The molecule has 4 heterocycles. The first kappa shape index (κ1) is 21.8. The third-order valence-corrected chi connectivity index (χ3v) is 6.72. The number of amides is 1. The monoisotopic (exact) mass is 472 g/mol. The molecule has 1 unspecified atom stereocenters. The molecule has 0 spiro atoms. The lowest BCUT2D eigenvalue weighted by Crippen LogP contribution is -2.31. The number of rotatable bonds is 6. The Kier molecular flexibility index (Phi) is 5.62. The average Bonchev–Trinajstić information content (AvgIpc) is 3.59. The molecule has 0 aliphatic carbocycles. The van der Waals surface area contributed by atoms with E-state index in [4.69, 9.17) is 9.72 Å². The number of pyridine rings is 1. The maximum Gasteiger partial charge on any atom is 0.253 e. The number of aromatic nitrogens is 5. The molecule has 0 aliphatic rings. The van der Waals surface area contributed by atoms with Gasteiger partial charge in [0.25, 0.3) is 5.91 Å². The molecule has 8 nitrogen and oxygen atoms in total. The van der Waals surface area contributed by atoms with Crippen LogP contribution in [0.3, 0.4) is 0 Å². The van der Waals surface area contributed by atoms with Gasteiger partial charge in [0.05, 0.1) is 34.3 Å². The SMILES string of the molecule is COc1ccc(C(NC(=O)c2cc(-c3cccs3)nc3c2c(C)nn3C)c2nccn2C)cc1. The molecule has 9 heteroatoms. The van der Waals surface area contributed by atoms with E-state index in [1.54, 1.807) is 29.3 Å². The summed E-state index contributed by atoms with van der Waals surface area (Å²) in [6, 6.07) is 13.0. The van der Waals surface area contributed by atoms with Gasteiger partial charge in [0.2, 0.25) is 0 Å². The van der Waals surface area contributed by atoms with Crippen LogP contribution >= 0.6 is 11.3 Å². The van der Waals surface area contributed by atoms with Crippen LogP contribution in [0.4, 0.5) is 0 Å². The molecule has 5 rings (SSSR count). The first-order valence-corrected chi connectivity index (χ1v) is 11.6. The van der Waals surface area contributed by atoms with E-state index in [1.165, 1.54) is 0 Å². The lowest BCUT2D eigenvalue weighted by Gasteiger charge is -2.20. The van der Waals surface area contributed by atoms with Crippen LogP contribution in [-0.4, -0.2) is 37.3 Å². The van der Waals surface area contributed by atoms with Crippen molar-refractivity contribution in [3.8, 4) is 16.3 Å². The zero-order valence-corrected chi connectivity index (χ0v) is 20.1. The van der Waals surface area contributed by atoms with E-state index >= 15 is 0 Å². The van der Waals surface area contributed by atoms with Gasteiger partial charge in [-0.1, -0.05) is 18.2 Å². The minimum Gasteiger partial charge on any atom is -0.497 e. The van der Waals surface area contributed by atoms with Crippen molar-refractivity contribution >= 4 is 28.3 Å². The molecule has 1 atom stereocenters. The van der Waals surface area contributed by atoms with Crippen LogP contribution in [-0.2, 0) is 14.1 Å². The summed E-state index contributed by atoms with van der Waals surface area (Å²) in [6.45, 7) is 1.89. The van der Waals surface area contributed by atoms with Crippen LogP contribution in [0, 0.1) is 6.92 Å². The fourth-order valence-corrected chi connectivity index (χ4v) is 4.82. The first-order chi connectivity index (χ1) is 16.5. The van der Waals surface area contributed by atoms with Crippen LogP contribution in [0.15, 0.2) is 60.2 Å². The molecule has 1 N–H and O–H groups in total. The van der Waals surface area contributed by atoms with E-state index < -0.39 is 6.04 Å². The highest BCUT2D eigenvalue weighted by atomic mass is 32.1. The molecule has 5 aromatic rings. The molecule has 0 fully saturated rings. The van der Waals surface area contributed by atoms with E-state index in [-0.39, 0.29) is 5.91 Å². The number of methoxy groups -OCH3 is 1. The molecule has 0 saturated heterocycles. The predicted molar refractivity (Wildman–Crippen MR) is 132 cm³/mol. The smallest absolute Gasteiger partial charge is 0.253 e. The number of carbonyl (C=O) groups is 1. The molecule has 0 aliphatic heterocycles. The minimum absolute atomic E-state index is 0.217. The Hall–Kier alpha value is -3.98. The summed E-state index contributed by atoms with van der Waals surface area (Å²) in [5, 5.41) is 10.5. The Bertz CT molecular complexity index is 1470. The van der Waals surface area contributed by atoms with E-state index in [9.17, 15) is 4.79 Å². The number of imidazole rings is 1. The number of hydrogen-bond donors (Lipinski definition) is 1. The molecule has 1 amide bonds. The molecule has 4 aromatic heterocycles. The van der Waals surface area contributed by atoms with Crippen molar-refractivity contribution in [3.05, 3.63) is 82.9 Å². The number of ether oxygens (including phenoxy) is 1. The topological polar surface area (TPSA) is 86.9 Å². The third-order valence-electron chi connectivity index (χ3n) is 5.83. The van der Waals surface area contributed by atoms with Crippen molar-refractivity contribution in [2.24, 2.45) is 14.1 Å². The van der Waals surface area contributed by atoms with Crippen molar-refractivity contribution in [3.63, 3.8) is 0 Å². The summed E-state index contributed by atoms with van der Waals surface area (Å²) >= 11 is 1.58. The maximum absolute atomic E-state index is 13.8. The number of fused-ring (bicyclic) bond motifs is 1. The summed E-state index contributed by atoms with van der Waals surface area (Å²) < 4.78 is 8.93. The second-order valence-electron chi connectivity index (χ2n) is 8.02. The number of hydrogen-bond acceptors (Lipinski definition) is 6. The van der Waals surface area contributed by atoms with Crippen molar-refractivity contribution in [1.82, 2.24) is 29.6 Å². The highest BCUT2D eigenvalue weighted by Crippen LogP contribution is 2.30. The number of nitrogens with zero attached hydrogens (tertiary/aromatic N) is 5. The number of benzene rings is 1. The van der Waals surface area contributed by atoms with Gasteiger partial charge in [-0.3, -0.25) is 9.48 Å². The van der Waals surface area contributed by atoms with E-state index in [1.807, 2.05) is 79.6 Å². The Labute approximate surface area is 200 Å². The number of thiophene rings is 1. The van der Waals surface area contributed by atoms with E-state index in [0.29, 0.717) is 11.2 Å². The molecule has 0 saturated carbocycles. The zero-order valence-electron chi connectivity index (χ0n) is 19.3. The molecule has 0 bridgehead atoms. The number of aryl methyl sites for hydroxylation is 3. The second kappa shape index (κ2) is 8.75. The standard InChI is InChI=1S/C25H24N6O2S/c1-15-21-18(14-19(20-6-5-13-34-20)27-23(21)31(3)29-15)25(32)28-22(24-26-11-12-30(24)2)16-7-9-17(33-4)10-8-16/h5-14,22H,1-4H3,(H,28,32). The summed E-state index contributed by atoms with van der Waals surface area (Å²) in [7, 11) is 5.38. The highest BCUT2D eigenvalue weighted by Gasteiger charge is 2.25. The zero-order chi connectivity index (χ0) is 23.8. The highest BCUT2D eigenvalue weighted by molar-refractivity contribution is 7.13. The Balaban J connectivity index is 1.61.